The number of amides is 5. The molecule has 5 amide bonds. The number of hydrogen-bond donors (Lipinski definition) is 8. The largest absolute Gasteiger partial charge is 0.388 e. The molecule has 3 fully saturated rings. The molecule has 0 aromatic rings. The van der Waals surface area contributed by atoms with Gasteiger partial charge >= 0.3 is 6.03 Å². The standard InChI is InChI=1S/C42H77N5O9S/c1-3-5-7-9-11-13-15-17-19-25-35(49)45-30(40(53)43-26-22-18-16-14-12-10-8-6-4-2)28-55-41-39(52)38(51)37(50)32(56-41)27-44-34(48)24-21-20-23-33-36-31(29-57-33)46-42(54)47-36/h30-33,36-39,41,50-52H,3-29H2,1-2H3,(H,43,53)(H,44,48)(H,45,49)(H2,46,47,54)/t30-,31-,32+,33-,36-,37-,38-,39+,41-/m0/s1. The molecule has 3 saturated heterocycles. The topological polar surface area (TPSA) is 208 Å². The number of rotatable bonds is 32. The molecule has 0 bridgehead atoms. The van der Waals surface area contributed by atoms with Gasteiger partial charge in [-0.15, -0.1) is 0 Å². The lowest BCUT2D eigenvalue weighted by atomic mass is 9.98. The molecule has 0 spiro atoms. The number of fused-ring (bicyclic) bond motifs is 1. The van der Waals surface area contributed by atoms with E-state index in [9.17, 15) is 34.5 Å². The summed E-state index contributed by atoms with van der Waals surface area (Å²) in [7, 11) is 0. The Morgan fingerprint density at radius 1 is 0.737 bits per heavy atom. The number of ether oxygens (including phenoxy) is 2. The second kappa shape index (κ2) is 29.1. The monoisotopic (exact) mass is 828 g/mol. The maximum atomic E-state index is 13.3. The fraction of sp³-hybridized carbons (Fsp3) is 0.905. The summed E-state index contributed by atoms with van der Waals surface area (Å²) in [6.07, 6.45) is 16.2. The first-order valence-corrected chi connectivity index (χ1v) is 23.5. The van der Waals surface area contributed by atoms with Gasteiger partial charge in [0.2, 0.25) is 17.7 Å². The third-order valence-corrected chi connectivity index (χ3v) is 12.9. The number of thioether (sulfide) groups is 1. The Labute approximate surface area is 346 Å². The highest BCUT2D eigenvalue weighted by atomic mass is 32.2. The van der Waals surface area contributed by atoms with E-state index < -0.39 is 42.7 Å². The van der Waals surface area contributed by atoms with Crippen LogP contribution in [0.1, 0.15) is 162 Å². The zero-order chi connectivity index (χ0) is 41.3. The minimum Gasteiger partial charge on any atom is -0.388 e. The SMILES string of the molecule is CCCCCCCCCCCNC(=O)[C@H](CO[C@H]1O[C@H](CNC(=O)CCCC[C@@H]2SC[C@@H]3NC(=O)N[C@@H]32)[C@H](O)[C@H](O)[C@H]1O)NC(=O)CCCCCCCCCCC. The Kier molecular flexibility index (Phi) is 25.1. The molecular weight excluding hydrogens is 751 g/mol. The van der Waals surface area contributed by atoms with Crippen LogP contribution in [0.4, 0.5) is 4.79 Å². The molecule has 0 radical (unpaired) electrons. The maximum absolute atomic E-state index is 13.3. The molecule has 0 unspecified atom stereocenters. The fourth-order valence-electron chi connectivity index (χ4n) is 7.81. The van der Waals surface area contributed by atoms with Crippen LogP contribution >= 0.6 is 11.8 Å². The van der Waals surface area contributed by atoms with Gasteiger partial charge in [-0.05, 0) is 25.7 Å². The minimum absolute atomic E-state index is 0.119. The zero-order valence-corrected chi connectivity index (χ0v) is 35.8. The summed E-state index contributed by atoms with van der Waals surface area (Å²) in [4.78, 5) is 50.6. The lowest BCUT2D eigenvalue weighted by molar-refractivity contribution is -0.295. The normalized spacial score (nSPS) is 26.0. The van der Waals surface area contributed by atoms with E-state index in [1.807, 2.05) is 11.8 Å². The van der Waals surface area contributed by atoms with Crippen LogP contribution in [-0.4, -0.2) is 119 Å². The van der Waals surface area contributed by atoms with Crippen LogP contribution < -0.4 is 26.6 Å². The summed E-state index contributed by atoms with van der Waals surface area (Å²) in [5.41, 5.74) is 0. The van der Waals surface area contributed by atoms with Gasteiger partial charge in [0.05, 0.1) is 18.7 Å². The van der Waals surface area contributed by atoms with Gasteiger partial charge in [0.25, 0.3) is 0 Å². The molecule has 9 atom stereocenters. The van der Waals surface area contributed by atoms with Gasteiger partial charge in [0.15, 0.2) is 6.29 Å². The van der Waals surface area contributed by atoms with Crippen LogP contribution in [0.5, 0.6) is 0 Å². The molecule has 0 aliphatic carbocycles. The number of urea groups is 1. The van der Waals surface area contributed by atoms with E-state index in [2.05, 4.69) is 40.4 Å². The molecule has 0 saturated carbocycles. The minimum atomic E-state index is -1.62. The molecule has 3 aliphatic heterocycles. The molecule has 330 valence electrons. The van der Waals surface area contributed by atoms with Crippen molar-refractivity contribution in [1.29, 1.82) is 0 Å². The van der Waals surface area contributed by atoms with Crippen molar-refractivity contribution in [2.45, 2.75) is 216 Å². The van der Waals surface area contributed by atoms with Crippen molar-refractivity contribution in [2.24, 2.45) is 0 Å². The van der Waals surface area contributed by atoms with E-state index in [0.29, 0.717) is 24.6 Å². The summed E-state index contributed by atoms with van der Waals surface area (Å²) in [6.45, 7) is 4.44. The van der Waals surface area contributed by atoms with E-state index in [1.165, 1.54) is 70.6 Å². The third kappa shape index (κ3) is 19.2. The molecule has 15 heteroatoms. The van der Waals surface area contributed by atoms with Crippen molar-refractivity contribution >= 4 is 35.5 Å². The van der Waals surface area contributed by atoms with Crippen LogP contribution in [0, 0.1) is 0 Å². The molecule has 3 rings (SSSR count). The lowest BCUT2D eigenvalue weighted by Crippen LogP contribution is -2.61. The van der Waals surface area contributed by atoms with E-state index in [4.69, 9.17) is 9.47 Å². The number of hydrogen-bond acceptors (Lipinski definition) is 10. The summed E-state index contributed by atoms with van der Waals surface area (Å²) in [5.74, 6) is -0.0275. The molecule has 3 heterocycles. The van der Waals surface area contributed by atoms with Crippen molar-refractivity contribution < 1.29 is 44.0 Å². The first-order valence-electron chi connectivity index (χ1n) is 22.5. The predicted octanol–water partition coefficient (Wildman–Crippen LogP) is 4.71. The summed E-state index contributed by atoms with van der Waals surface area (Å²) >= 11 is 1.83. The molecule has 14 nitrogen and oxygen atoms in total. The third-order valence-electron chi connectivity index (χ3n) is 11.4. The van der Waals surface area contributed by atoms with Gasteiger partial charge in [-0.3, -0.25) is 14.4 Å². The molecular formula is C42H77N5O9S. The van der Waals surface area contributed by atoms with E-state index >= 15 is 0 Å². The van der Waals surface area contributed by atoms with Gasteiger partial charge in [0.1, 0.15) is 30.5 Å². The van der Waals surface area contributed by atoms with Gasteiger partial charge < -0.3 is 51.4 Å². The number of carbonyl (C=O) groups excluding carboxylic acids is 4. The van der Waals surface area contributed by atoms with Crippen molar-refractivity contribution in [1.82, 2.24) is 26.6 Å². The Morgan fingerprint density at radius 3 is 1.96 bits per heavy atom. The number of carbonyl (C=O) groups is 4. The van der Waals surface area contributed by atoms with Crippen LogP contribution in [0.3, 0.4) is 0 Å². The van der Waals surface area contributed by atoms with Gasteiger partial charge in [-0.1, -0.05) is 123 Å². The van der Waals surface area contributed by atoms with E-state index in [-0.39, 0.29) is 55.9 Å². The maximum Gasteiger partial charge on any atom is 0.315 e. The molecule has 57 heavy (non-hydrogen) atoms. The van der Waals surface area contributed by atoms with Gasteiger partial charge in [-0.2, -0.15) is 11.8 Å². The summed E-state index contributed by atoms with van der Waals surface area (Å²) in [6, 6.07) is -0.899. The molecule has 0 aromatic carbocycles. The molecule has 3 aliphatic rings. The van der Waals surface area contributed by atoms with Crippen LogP contribution in [0.15, 0.2) is 0 Å². The Bertz CT molecular complexity index is 1160. The quantitative estimate of drug-likeness (QED) is 0.0347. The predicted molar refractivity (Wildman–Crippen MR) is 224 cm³/mol. The Balaban J connectivity index is 1.42. The average Bonchev–Trinajstić information content (AvgIpc) is 3.76. The van der Waals surface area contributed by atoms with E-state index in [0.717, 1.165) is 57.1 Å². The molecule has 8 N–H and O–H groups in total. The van der Waals surface area contributed by atoms with Crippen molar-refractivity contribution in [3.05, 3.63) is 0 Å². The second-order valence-corrected chi connectivity index (χ2v) is 17.6. The smallest absolute Gasteiger partial charge is 0.315 e. The van der Waals surface area contributed by atoms with E-state index in [1.54, 1.807) is 0 Å². The first kappa shape index (κ1) is 49.2. The van der Waals surface area contributed by atoms with Crippen LogP contribution in [-0.2, 0) is 23.9 Å². The fourth-order valence-corrected chi connectivity index (χ4v) is 9.35. The van der Waals surface area contributed by atoms with Crippen LogP contribution in [0.2, 0.25) is 0 Å². The van der Waals surface area contributed by atoms with Gasteiger partial charge in [0, 0.05) is 36.9 Å². The summed E-state index contributed by atoms with van der Waals surface area (Å²) < 4.78 is 11.7. The number of aliphatic hydroxyl groups is 3. The Morgan fingerprint density at radius 2 is 1.32 bits per heavy atom. The highest BCUT2D eigenvalue weighted by Crippen LogP contribution is 2.33. The molecule has 0 aromatic heterocycles. The summed E-state index contributed by atoms with van der Waals surface area (Å²) in [5, 5.41) is 46.7. The Hall–Kier alpha value is -2.17. The lowest BCUT2D eigenvalue weighted by Gasteiger charge is -2.40. The van der Waals surface area contributed by atoms with Crippen molar-refractivity contribution in [2.75, 3.05) is 25.4 Å². The average molecular weight is 828 g/mol. The van der Waals surface area contributed by atoms with Crippen LogP contribution in [0.25, 0.3) is 0 Å². The second-order valence-electron chi connectivity index (χ2n) is 16.3. The highest BCUT2D eigenvalue weighted by molar-refractivity contribution is 8.00. The zero-order valence-electron chi connectivity index (χ0n) is 35.0. The van der Waals surface area contributed by atoms with Crippen molar-refractivity contribution in [3.63, 3.8) is 0 Å². The van der Waals surface area contributed by atoms with Gasteiger partial charge in [-0.25, -0.2) is 4.79 Å². The number of unbranched alkanes of at least 4 members (excludes halogenated alkanes) is 17. The number of aliphatic hydroxyl groups excluding tert-OH is 3. The highest BCUT2D eigenvalue weighted by Gasteiger charge is 2.45. The van der Waals surface area contributed by atoms with Crippen molar-refractivity contribution in [3.8, 4) is 0 Å². The number of nitrogens with one attached hydrogen (secondary N) is 5. The first-order chi connectivity index (χ1) is 27.6.